The number of hydrogen-bond donors (Lipinski definition) is 2. The molecule has 0 spiro atoms. The number of amides is 1. The van der Waals surface area contributed by atoms with Crippen molar-refractivity contribution >= 4 is 5.91 Å². The molecule has 2 atom stereocenters. The fourth-order valence-electron chi connectivity index (χ4n) is 3.42. The van der Waals surface area contributed by atoms with Gasteiger partial charge in [0.2, 0.25) is 5.91 Å². The molecule has 1 aromatic rings. The topological polar surface area (TPSA) is 60.8 Å². The van der Waals surface area contributed by atoms with Crippen LogP contribution in [0.3, 0.4) is 0 Å². The summed E-state index contributed by atoms with van der Waals surface area (Å²) in [6.07, 6.45) is 2.02. The van der Waals surface area contributed by atoms with Gasteiger partial charge in [-0.05, 0) is 30.9 Å². The molecule has 0 aliphatic carbocycles. The minimum Gasteiger partial charge on any atom is -0.396 e. The Morgan fingerprint density at radius 3 is 2.77 bits per heavy atom. The Bertz CT molecular complexity index is 517. The fraction of sp³-hybridized carbons (Fsp3) is 0.611. The van der Waals surface area contributed by atoms with Crippen LogP contribution in [-0.4, -0.2) is 46.8 Å². The predicted octanol–water partition coefficient (Wildman–Crippen LogP) is 1.91. The van der Waals surface area contributed by atoms with E-state index < -0.39 is 11.5 Å². The Balaban J connectivity index is 2.09. The van der Waals surface area contributed by atoms with Crippen molar-refractivity contribution in [1.82, 2.24) is 4.90 Å². The average Bonchev–Trinajstić information content (AvgIpc) is 2.52. The van der Waals surface area contributed by atoms with Crippen molar-refractivity contribution in [1.29, 1.82) is 0 Å². The van der Waals surface area contributed by atoms with Crippen molar-refractivity contribution in [3.8, 4) is 0 Å². The van der Waals surface area contributed by atoms with E-state index in [2.05, 4.69) is 0 Å². The molecule has 4 heteroatoms. The Kier molecular flexibility index (Phi) is 5.59. The van der Waals surface area contributed by atoms with Gasteiger partial charge < -0.3 is 15.1 Å². The number of aryl methyl sites for hydroxylation is 1. The van der Waals surface area contributed by atoms with Crippen LogP contribution in [0, 0.1) is 12.3 Å². The zero-order valence-electron chi connectivity index (χ0n) is 13.6. The molecule has 0 radical (unpaired) electrons. The molecule has 0 saturated carbocycles. The smallest absolute Gasteiger partial charge is 0.227 e. The van der Waals surface area contributed by atoms with E-state index >= 15 is 0 Å². The van der Waals surface area contributed by atoms with Gasteiger partial charge in [0.15, 0.2) is 0 Å². The van der Waals surface area contributed by atoms with Gasteiger partial charge in [0.1, 0.15) is 0 Å². The maximum atomic E-state index is 12.6. The number of carbonyl (C=O) groups excluding carboxylic acids is 1. The van der Waals surface area contributed by atoms with Gasteiger partial charge in [-0.3, -0.25) is 4.79 Å². The average molecular weight is 305 g/mol. The Morgan fingerprint density at radius 2 is 2.14 bits per heavy atom. The van der Waals surface area contributed by atoms with Gasteiger partial charge in [-0.25, -0.2) is 0 Å². The van der Waals surface area contributed by atoms with Gasteiger partial charge in [0.05, 0.1) is 19.1 Å². The lowest BCUT2D eigenvalue weighted by Gasteiger charge is -2.45. The van der Waals surface area contributed by atoms with Crippen molar-refractivity contribution in [2.45, 2.75) is 45.6 Å². The number of hydrogen-bond acceptors (Lipinski definition) is 3. The molecule has 1 aliphatic rings. The van der Waals surface area contributed by atoms with Crippen LogP contribution in [-0.2, 0) is 11.2 Å². The van der Waals surface area contributed by atoms with Crippen molar-refractivity contribution in [3.05, 3.63) is 35.4 Å². The largest absolute Gasteiger partial charge is 0.396 e. The van der Waals surface area contributed by atoms with E-state index in [0.29, 0.717) is 25.9 Å². The van der Waals surface area contributed by atoms with Crippen LogP contribution < -0.4 is 0 Å². The van der Waals surface area contributed by atoms with Crippen LogP contribution in [0.2, 0.25) is 0 Å². The van der Waals surface area contributed by atoms with Gasteiger partial charge in [0, 0.05) is 18.5 Å². The summed E-state index contributed by atoms with van der Waals surface area (Å²) in [4.78, 5) is 14.4. The molecule has 2 N–H and O–H groups in total. The van der Waals surface area contributed by atoms with Gasteiger partial charge in [-0.1, -0.05) is 37.6 Å². The first-order valence-electron chi connectivity index (χ1n) is 8.13. The molecule has 1 aliphatic heterocycles. The molecule has 22 heavy (non-hydrogen) atoms. The first kappa shape index (κ1) is 17.0. The number of carbonyl (C=O) groups is 1. The molecule has 1 heterocycles. The van der Waals surface area contributed by atoms with E-state index in [9.17, 15) is 15.0 Å². The summed E-state index contributed by atoms with van der Waals surface area (Å²) in [5.74, 6) is 0.0788. The Labute approximate surface area is 132 Å². The van der Waals surface area contributed by atoms with Crippen molar-refractivity contribution < 1.29 is 15.0 Å². The maximum Gasteiger partial charge on any atom is 0.227 e. The highest BCUT2D eigenvalue weighted by Gasteiger charge is 2.42. The van der Waals surface area contributed by atoms with Crippen molar-refractivity contribution in [3.63, 3.8) is 0 Å². The summed E-state index contributed by atoms with van der Waals surface area (Å²) in [7, 11) is 0. The molecule has 0 bridgehead atoms. The Hall–Kier alpha value is -1.39. The number of nitrogens with zero attached hydrogens (tertiary/aromatic N) is 1. The first-order valence-corrected chi connectivity index (χ1v) is 8.13. The van der Waals surface area contributed by atoms with Crippen molar-refractivity contribution in [2.75, 3.05) is 19.7 Å². The van der Waals surface area contributed by atoms with Crippen LogP contribution in [0.5, 0.6) is 0 Å². The van der Waals surface area contributed by atoms with Crippen LogP contribution >= 0.6 is 0 Å². The molecule has 2 rings (SSSR count). The van der Waals surface area contributed by atoms with Gasteiger partial charge in [-0.2, -0.15) is 0 Å². The third-order valence-corrected chi connectivity index (χ3v) is 4.90. The lowest BCUT2D eigenvalue weighted by atomic mass is 9.74. The van der Waals surface area contributed by atoms with Crippen LogP contribution in [0.1, 0.15) is 37.3 Å². The maximum absolute atomic E-state index is 12.6. The zero-order valence-corrected chi connectivity index (χ0v) is 13.6. The van der Waals surface area contributed by atoms with Crippen molar-refractivity contribution in [2.24, 2.45) is 5.41 Å². The second kappa shape index (κ2) is 7.25. The van der Waals surface area contributed by atoms with Crippen LogP contribution in [0.25, 0.3) is 0 Å². The standard InChI is InChI=1S/C18H27NO3/c1-3-9-18(13-20)12-19(10-8-16(18)21)17(22)11-15-7-5-4-6-14(15)2/h4-7,16,20-21H,3,8-13H2,1-2H3/t16-,18+/m1/s1. The van der Waals surface area contributed by atoms with E-state index in [1.54, 1.807) is 0 Å². The second-order valence-corrected chi connectivity index (χ2v) is 6.49. The summed E-state index contributed by atoms with van der Waals surface area (Å²) < 4.78 is 0. The fourth-order valence-corrected chi connectivity index (χ4v) is 3.42. The molecule has 0 unspecified atom stereocenters. The van der Waals surface area contributed by atoms with Gasteiger partial charge in [-0.15, -0.1) is 0 Å². The SMILES string of the molecule is CCC[C@@]1(CO)CN(C(=O)Cc2ccccc2C)CC[C@H]1O. The van der Waals surface area contributed by atoms with Crippen LogP contribution in [0.15, 0.2) is 24.3 Å². The van der Waals surface area contributed by atoms with Gasteiger partial charge in [0.25, 0.3) is 0 Å². The van der Waals surface area contributed by atoms with Crippen LogP contribution in [0.4, 0.5) is 0 Å². The number of aliphatic hydroxyl groups is 2. The summed E-state index contributed by atoms with van der Waals surface area (Å²) in [5, 5.41) is 20.1. The first-order chi connectivity index (χ1) is 10.5. The molecule has 1 aromatic carbocycles. The van der Waals surface area contributed by atoms with E-state index in [1.165, 1.54) is 0 Å². The molecule has 1 amide bonds. The predicted molar refractivity (Wildman–Crippen MR) is 86.5 cm³/mol. The van der Waals surface area contributed by atoms with E-state index in [4.69, 9.17) is 0 Å². The molecule has 1 fully saturated rings. The highest BCUT2D eigenvalue weighted by Crippen LogP contribution is 2.34. The monoisotopic (exact) mass is 305 g/mol. The molecule has 0 aromatic heterocycles. The Morgan fingerprint density at radius 1 is 1.41 bits per heavy atom. The molecular weight excluding hydrogens is 278 g/mol. The third-order valence-electron chi connectivity index (χ3n) is 4.90. The number of benzene rings is 1. The highest BCUT2D eigenvalue weighted by atomic mass is 16.3. The zero-order chi connectivity index (χ0) is 16.2. The third kappa shape index (κ3) is 3.50. The molecule has 122 valence electrons. The van der Waals surface area contributed by atoms with E-state index in [1.807, 2.05) is 43.0 Å². The van der Waals surface area contributed by atoms with Gasteiger partial charge >= 0.3 is 0 Å². The summed E-state index contributed by atoms with van der Waals surface area (Å²) in [5.41, 5.74) is 1.60. The quantitative estimate of drug-likeness (QED) is 0.873. The highest BCUT2D eigenvalue weighted by molar-refractivity contribution is 5.79. The summed E-state index contributed by atoms with van der Waals surface area (Å²) >= 11 is 0. The normalized spacial score (nSPS) is 25.3. The number of rotatable bonds is 5. The minimum absolute atomic E-state index is 0.0733. The summed E-state index contributed by atoms with van der Waals surface area (Å²) in [6, 6.07) is 7.91. The summed E-state index contributed by atoms with van der Waals surface area (Å²) in [6.45, 7) is 4.99. The second-order valence-electron chi connectivity index (χ2n) is 6.49. The van der Waals surface area contributed by atoms with E-state index in [-0.39, 0.29) is 12.5 Å². The lowest BCUT2D eigenvalue weighted by molar-refractivity contribution is -0.141. The molecule has 4 nitrogen and oxygen atoms in total. The lowest BCUT2D eigenvalue weighted by Crippen LogP contribution is -2.55. The minimum atomic E-state index is -0.561. The number of likely N-dealkylation sites (tertiary alicyclic amines) is 1. The number of aliphatic hydroxyl groups excluding tert-OH is 2. The number of piperidine rings is 1. The van der Waals surface area contributed by atoms with E-state index in [0.717, 1.165) is 24.0 Å². The molecular formula is C18H27NO3. The molecule has 1 saturated heterocycles.